The van der Waals surface area contributed by atoms with E-state index in [0.717, 1.165) is 6.42 Å². The van der Waals surface area contributed by atoms with Crippen LogP contribution in [0.5, 0.6) is 11.5 Å². The van der Waals surface area contributed by atoms with Crippen LogP contribution in [-0.2, 0) is 6.42 Å². The van der Waals surface area contributed by atoms with Gasteiger partial charge in [0.25, 0.3) is 0 Å². The van der Waals surface area contributed by atoms with E-state index in [-0.39, 0.29) is 11.5 Å². The molecule has 0 radical (unpaired) electrons. The monoisotopic (exact) mass is 246 g/mol. The molecule has 2 heteroatoms. The number of aryl methyl sites for hydroxylation is 1. The summed E-state index contributed by atoms with van der Waals surface area (Å²) in [5.41, 5.74) is 1.24. The van der Waals surface area contributed by atoms with Crippen molar-refractivity contribution >= 4 is 0 Å². The van der Waals surface area contributed by atoms with E-state index in [1.807, 2.05) is 18.2 Å². The molecular weight excluding hydrogens is 224 g/mol. The van der Waals surface area contributed by atoms with E-state index in [2.05, 4.69) is 6.92 Å². The standard InChI is InChI=1S/C16H22O2/c1-2-3-4-5-9-14-10-6-7-12-15(17)16(18)13-8-11-14/h6-8,10-13,17-18H,2-5,9H2,1H3. The maximum absolute atomic E-state index is 9.47. The van der Waals surface area contributed by atoms with Gasteiger partial charge in [-0.1, -0.05) is 56.5 Å². The van der Waals surface area contributed by atoms with Crippen molar-refractivity contribution in [1.29, 1.82) is 0 Å². The van der Waals surface area contributed by atoms with E-state index in [1.165, 1.54) is 43.4 Å². The molecule has 0 spiro atoms. The molecule has 0 aliphatic heterocycles. The maximum Gasteiger partial charge on any atom is 0.157 e. The molecule has 0 fully saturated rings. The van der Waals surface area contributed by atoms with Gasteiger partial charge in [-0.2, -0.15) is 0 Å². The first kappa shape index (κ1) is 14.4. The van der Waals surface area contributed by atoms with Gasteiger partial charge in [-0.3, -0.25) is 0 Å². The van der Waals surface area contributed by atoms with E-state index in [1.54, 1.807) is 12.1 Å². The minimum Gasteiger partial charge on any atom is -0.504 e. The van der Waals surface area contributed by atoms with Crippen LogP contribution in [0.2, 0.25) is 0 Å². The van der Waals surface area contributed by atoms with Crippen LogP contribution in [0.4, 0.5) is 0 Å². The summed E-state index contributed by atoms with van der Waals surface area (Å²) in [5.74, 6) is -0.223. The van der Waals surface area contributed by atoms with Crippen LogP contribution in [0.25, 0.3) is 0 Å². The summed E-state index contributed by atoms with van der Waals surface area (Å²) in [6.45, 7) is 2.21. The number of hydrogen-bond donors (Lipinski definition) is 2. The molecule has 1 rings (SSSR count). The first-order valence-corrected chi connectivity index (χ1v) is 6.58. The summed E-state index contributed by atoms with van der Waals surface area (Å²) in [7, 11) is 0. The first-order chi connectivity index (χ1) is 8.74. The summed E-state index contributed by atoms with van der Waals surface area (Å²) >= 11 is 0. The van der Waals surface area contributed by atoms with Gasteiger partial charge in [0.05, 0.1) is 0 Å². The molecule has 98 valence electrons. The largest absolute Gasteiger partial charge is 0.504 e. The van der Waals surface area contributed by atoms with Crippen molar-refractivity contribution < 1.29 is 10.2 Å². The summed E-state index contributed by atoms with van der Waals surface area (Å²) in [6.07, 6.45) is 6.02. The predicted molar refractivity (Wildman–Crippen MR) is 75.2 cm³/mol. The Labute approximate surface area is 109 Å². The average molecular weight is 246 g/mol. The van der Waals surface area contributed by atoms with Crippen LogP contribution in [0.3, 0.4) is 0 Å². The van der Waals surface area contributed by atoms with Crippen molar-refractivity contribution in [3.05, 3.63) is 48.0 Å². The summed E-state index contributed by atoms with van der Waals surface area (Å²) < 4.78 is 0. The highest BCUT2D eigenvalue weighted by molar-refractivity contribution is 5.34. The number of rotatable bonds is 5. The zero-order valence-corrected chi connectivity index (χ0v) is 11.0. The molecule has 0 heterocycles. The number of unbranched alkanes of at least 4 members (excludes halogenated alkanes) is 3. The molecule has 0 saturated carbocycles. The lowest BCUT2D eigenvalue weighted by Gasteiger charge is -1.99. The minimum absolute atomic E-state index is 0.108. The zero-order valence-electron chi connectivity index (χ0n) is 11.0. The quantitative estimate of drug-likeness (QED) is 0.758. The van der Waals surface area contributed by atoms with Crippen molar-refractivity contribution in [1.82, 2.24) is 0 Å². The molecule has 0 aliphatic carbocycles. The van der Waals surface area contributed by atoms with Gasteiger partial charge in [0.2, 0.25) is 0 Å². The van der Waals surface area contributed by atoms with Crippen molar-refractivity contribution in [2.45, 2.75) is 39.0 Å². The normalized spacial score (nSPS) is 9.83. The SMILES string of the molecule is CCCCCCc1ccccc(O)c(O)ccc1. The Bertz CT molecular complexity index is 412. The van der Waals surface area contributed by atoms with Crippen LogP contribution < -0.4 is 0 Å². The Balaban J connectivity index is 2.78. The van der Waals surface area contributed by atoms with Crippen LogP contribution in [0, 0.1) is 0 Å². The smallest absolute Gasteiger partial charge is 0.157 e. The Morgan fingerprint density at radius 1 is 0.778 bits per heavy atom. The molecule has 0 amide bonds. The van der Waals surface area contributed by atoms with Crippen molar-refractivity contribution in [2.75, 3.05) is 0 Å². The molecule has 0 atom stereocenters. The van der Waals surface area contributed by atoms with E-state index < -0.39 is 0 Å². The molecule has 0 saturated heterocycles. The van der Waals surface area contributed by atoms with Crippen LogP contribution in [-0.4, -0.2) is 10.2 Å². The predicted octanol–water partition coefficient (Wildman–Crippen LogP) is 4.35. The van der Waals surface area contributed by atoms with E-state index in [0.29, 0.717) is 0 Å². The Kier molecular flexibility index (Phi) is 6.70. The second-order valence-corrected chi connectivity index (χ2v) is 4.40. The lowest BCUT2D eigenvalue weighted by atomic mass is 10.1. The van der Waals surface area contributed by atoms with Crippen molar-refractivity contribution in [2.24, 2.45) is 0 Å². The van der Waals surface area contributed by atoms with Gasteiger partial charge in [-0.15, -0.1) is 0 Å². The highest BCUT2D eigenvalue weighted by atomic mass is 16.3. The maximum atomic E-state index is 9.47. The van der Waals surface area contributed by atoms with Crippen molar-refractivity contribution in [3.8, 4) is 11.5 Å². The molecule has 18 heavy (non-hydrogen) atoms. The van der Waals surface area contributed by atoms with E-state index in [4.69, 9.17) is 0 Å². The van der Waals surface area contributed by atoms with Crippen LogP contribution in [0.15, 0.2) is 42.5 Å². The second-order valence-electron chi connectivity index (χ2n) is 4.40. The third-order valence-electron chi connectivity index (χ3n) is 2.82. The second kappa shape index (κ2) is 8.40. The molecule has 0 aliphatic rings. The lowest BCUT2D eigenvalue weighted by Crippen LogP contribution is -1.83. The van der Waals surface area contributed by atoms with E-state index in [9.17, 15) is 10.2 Å². The van der Waals surface area contributed by atoms with E-state index >= 15 is 0 Å². The summed E-state index contributed by atoms with van der Waals surface area (Å²) in [4.78, 5) is 0. The summed E-state index contributed by atoms with van der Waals surface area (Å²) in [6, 6.07) is 12.4. The van der Waals surface area contributed by atoms with Gasteiger partial charge < -0.3 is 10.2 Å². The molecule has 2 nitrogen and oxygen atoms in total. The van der Waals surface area contributed by atoms with Gasteiger partial charge in [0, 0.05) is 0 Å². The van der Waals surface area contributed by atoms with Crippen molar-refractivity contribution in [3.63, 3.8) is 0 Å². The summed E-state index contributed by atoms with van der Waals surface area (Å²) in [5, 5.41) is 18.9. The van der Waals surface area contributed by atoms with Gasteiger partial charge in [0.1, 0.15) is 0 Å². The number of aromatic hydroxyl groups is 2. The molecule has 1 aromatic carbocycles. The molecular formula is C16H22O2. The third-order valence-corrected chi connectivity index (χ3v) is 2.82. The Morgan fingerprint density at radius 3 is 2.11 bits per heavy atom. The van der Waals surface area contributed by atoms with Gasteiger partial charge >= 0.3 is 0 Å². The molecule has 1 aromatic rings. The van der Waals surface area contributed by atoms with Gasteiger partial charge in [-0.05, 0) is 30.5 Å². The van der Waals surface area contributed by atoms with Crippen LogP contribution >= 0.6 is 0 Å². The highest BCUT2D eigenvalue weighted by Gasteiger charge is 1.92. The average Bonchev–Trinajstić information content (AvgIpc) is 2.37. The fourth-order valence-electron chi connectivity index (χ4n) is 1.74. The zero-order chi connectivity index (χ0) is 13.2. The first-order valence-electron chi connectivity index (χ1n) is 6.58. The highest BCUT2D eigenvalue weighted by Crippen LogP contribution is 2.19. The fourth-order valence-corrected chi connectivity index (χ4v) is 1.74. The molecule has 0 unspecified atom stereocenters. The van der Waals surface area contributed by atoms with Gasteiger partial charge in [0.15, 0.2) is 11.5 Å². The topological polar surface area (TPSA) is 40.5 Å². The van der Waals surface area contributed by atoms with Crippen LogP contribution in [0.1, 0.15) is 38.2 Å². The molecule has 2 N–H and O–H groups in total. The fraction of sp³-hybridized carbons (Fsp3) is 0.375. The third kappa shape index (κ3) is 5.58. The molecule has 0 aromatic heterocycles. The lowest BCUT2D eigenvalue weighted by molar-refractivity contribution is 0.404. The number of hydrogen-bond acceptors (Lipinski definition) is 2. The minimum atomic E-state index is -0.115. The molecule has 0 bridgehead atoms. The van der Waals surface area contributed by atoms with Gasteiger partial charge in [-0.25, -0.2) is 0 Å². The Morgan fingerprint density at radius 2 is 1.39 bits per heavy atom. The Hall–Kier alpha value is -1.70.